The zero-order valence-electron chi connectivity index (χ0n) is 12.2. The van der Waals surface area contributed by atoms with Crippen LogP contribution in [0, 0.1) is 0 Å². The van der Waals surface area contributed by atoms with Crippen molar-refractivity contribution in [2.24, 2.45) is 0 Å². The highest BCUT2D eigenvalue weighted by atomic mass is 32.2. The van der Waals surface area contributed by atoms with Gasteiger partial charge in [0, 0.05) is 29.3 Å². The monoisotopic (exact) mass is 294 g/mol. The van der Waals surface area contributed by atoms with Crippen molar-refractivity contribution < 1.29 is 9.90 Å². The van der Waals surface area contributed by atoms with Gasteiger partial charge < -0.3 is 15.3 Å². The number of nitrogens with one attached hydrogen (secondary N) is 1. The standard InChI is InChI=1S/C15H22N2O2S/c1-10-12(3)20-9-8-17(10)15(19)16-14-6-4-13(5-7-14)11(2)18/h4-7,10-12,18H,8-9H2,1-3H3,(H,16,19). The Balaban J connectivity index is 2.00. The normalized spacial score (nSPS) is 24.3. The molecule has 20 heavy (non-hydrogen) atoms. The first kappa shape index (κ1) is 15.2. The number of aliphatic hydroxyl groups is 1. The molecule has 1 aliphatic rings. The predicted octanol–water partition coefficient (Wildman–Crippen LogP) is 3.10. The largest absolute Gasteiger partial charge is 0.389 e. The summed E-state index contributed by atoms with van der Waals surface area (Å²) in [7, 11) is 0. The van der Waals surface area contributed by atoms with Crippen LogP contribution in [0.25, 0.3) is 0 Å². The first-order valence-corrected chi connectivity index (χ1v) is 8.01. The quantitative estimate of drug-likeness (QED) is 0.881. The van der Waals surface area contributed by atoms with E-state index in [2.05, 4.69) is 19.2 Å². The van der Waals surface area contributed by atoms with Crippen LogP contribution in [0.4, 0.5) is 10.5 Å². The number of carbonyl (C=O) groups is 1. The number of nitrogens with zero attached hydrogens (tertiary/aromatic N) is 1. The summed E-state index contributed by atoms with van der Waals surface area (Å²) in [5.74, 6) is 0.986. The lowest BCUT2D eigenvalue weighted by molar-refractivity contribution is 0.194. The van der Waals surface area contributed by atoms with Crippen LogP contribution in [-0.2, 0) is 0 Å². The van der Waals surface area contributed by atoms with Crippen LogP contribution in [0.2, 0.25) is 0 Å². The van der Waals surface area contributed by atoms with Crippen molar-refractivity contribution in [3.8, 4) is 0 Å². The molecule has 0 saturated carbocycles. The van der Waals surface area contributed by atoms with Crippen molar-refractivity contribution in [2.45, 2.75) is 38.2 Å². The van der Waals surface area contributed by atoms with Gasteiger partial charge in [-0.1, -0.05) is 19.1 Å². The Morgan fingerprint density at radius 1 is 1.40 bits per heavy atom. The Bertz CT molecular complexity index is 461. The summed E-state index contributed by atoms with van der Waals surface area (Å²) < 4.78 is 0. The molecule has 1 aromatic carbocycles. The van der Waals surface area contributed by atoms with Gasteiger partial charge in [-0.2, -0.15) is 11.8 Å². The summed E-state index contributed by atoms with van der Waals surface area (Å²) in [4.78, 5) is 14.2. The Hall–Kier alpha value is -1.20. The molecule has 3 unspecified atom stereocenters. The molecule has 2 rings (SSSR count). The van der Waals surface area contributed by atoms with Gasteiger partial charge in [0.15, 0.2) is 0 Å². The molecule has 1 heterocycles. The van der Waals surface area contributed by atoms with Crippen LogP contribution in [-0.4, -0.2) is 39.6 Å². The van der Waals surface area contributed by atoms with E-state index in [1.165, 1.54) is 0 Å². The number of thioether (sulfide) groups is 1. The number of hydrogen-bond donors (Lipinski definition) is 2. The lowest BCUT2D eigenvalue weighted by atomic mass is 10.1. The number of anilines is 1. The minimum absolute atomic E-state index is 0.0468. The van der Waals surface area contributed by atoms with Crippen molar-refractivity contribution in [1.82, 2.24) is 4.90 Å². The van der Waals surface area contributed by atoms with E-state index in [0.29, 0.717) is 5.25 Å². The molecular formula is C15H22N2O2S. The molecule has 0 bridgehead atoms. The second kappa shape index (κ2) is 6.50. The molecule has 0 radical (unpaired) electrons. The van der Waals surface area contributed by atoms with Crippen LogP contribution in [0.15, 0.2) is 24.3 Å². The van der Waals surface area contributed by atoms with Gasteiger partial charge in [-0.05, 0) is 31.5 Å². The fourth-order valence-electron chi connectivity index (χ4n) is 2.26. The van der Waals surface area contributed by atoms with Gasteiger partial charge >= 0.3 is 6.03 Å². The van der Waals surface area contributed by atoms with Crippen LogP contribution in [0.1, 0.15) is 32.4 Å². The van der Waals surface area contributed by atoms with E-state index in [4.69, 9.17) is 0 Å². The van der Waals surface area contributed by atoms with E-state index in [1.54, 1.807) is 6.92 Å². The number of hydrogen-bond acceptors (Lipinski definition) is 3. The number of aliphatic hydroxyl groups excluding tert-OH is 1. The Morgan fingerprint density at radius 2 is 2.05 bits per heavy atom. The fourth-order valence-corrected chi connectivity index (χ4v) is 3.36. The molecule has 2 amide bonds. The molecule has 0 spiro atoms. The second-order valence-corrected chi connectivity index (χ2v) is 6.72. The van der Waals surface area contributed by atoms with Gasteiger partial charge in [-0.15, -0.1) is 0 Å². The smallest absolute Gasteiger partial charge is 0.322 e. The average molecular weight is 294 g/mol. The molecule has 1 fully saturated rings. The molecule has 4 nitrogen and oxygen atoms in total. The van der Waals surface area contributed by atoms with Crippen LogP contribution in [0.3, 0.4) is 0 Å². The van der Waals surface area contributed by atoms with Gasteiger partial charge in [-0.25, -0.2) is 4.79 Å². The number of amides is 2. The number of benzene rings is 1. The SMILES string of the molecule is CC(O)c1ccc(NC(=O)N2CCSC(C)C2C)cc1. The third-order valence-electron chi connectivity index (χ3n) is 3.79. The van der Waals surface area contributed by atoms with Crippen LogP contribution >= 0.6 is 11.8 Å². The van der Waals surface area contributed by atoms with Crippen molar-refractivity contribution in [3.05, 3.63) is 29.8 Å². The van der Waals surface area contributed by atoms with Crippen molar-refractivity contribution in [1.29, 1.82) is 0 Å². The number of rotatable bonds is 2. The summed E-state index contributed by atoms with van der Waals surface area (Å²) in [6.07, 6.45) is -0.486. The fraction of sp³-hybridized carbons (Fsp3) is 0.533. The summed E-state index contributed by atoms with van der Waals surface area (Å²) >= 11 is 1.91. The summed E-state index contributed by atoms with van der Waals surface area (Å²) in [5, 5.41) is 12.9. The third kappa shape index (κ3) is 3.46. The maximum atomic E-state index is 12.3. The molecule has 3 atom stereocenters. The van der Waals surface area contributed by atoms with Gasteiger partial charge in [0.1, 0.15) is 0 Å². The van der Waals surface area contributed by atoms with E-state index < -0.39 is 6.10 Å². The average Bonchev–Trinajstić information content (AvgIpc) is 2.42. The first-order chi connectivity index (χ1) is 9.49. The molecule has 1 aromatic rings. The Kier molecular flexibility index (Phi) is 4.94. The lowest BCUT2D eigenvalue weighted by Crippen LogP contribution is -2.49. The van der Waals surface area contributed by atoms with E-state index >= 15 is 0 Å². The summed E-state index contributed by atoms with van der Waals surface area (Å²) in [6.45, 7) is 6.76. The molecule has 1 saturated heterocycles. The highest BCUT2D eigenvalue weighted by molar-refractivity contribution is 8.00. The zero-order valence-corrected chi connectivity index (χ0v) is 13.0. The molecule has 1 aliphatic heterocycles. The summed E-state index contributed by atoms with van der Waals surface area (Å²) in [5.41, 5.74) is 1.61. The molecule has 0 aromatic heterocycles. The number of carbonyl (C=O) groups excluding carboxylic acids is 1. The molecule has 5 heteroatoms. The number of urea groups is 1. The Labute approximate surface area is 124 Å². The molecule has 110 valence electrons. The first-order valence-electron chi connectivity index (χ1n) is 6.96. The van der Waals surface area contributed by atoms with Gasteiger partial charge in [0.05, 0.1) is 6.10 Å². The van der Waals surface area contributed by atoms with Gasteiger partial charge in [0.2, 0.25) is 0 Å². The second-order valence-electron chi connectivity index (χ2n) is 5.24. The predicted molar refractivity (Wildman–Crippen MR) is 84.2 cm³/mol. The van der Waals surface area contributed by atoms with E-state index in [9.17, 15) is 9.90 Å². The van der Waals surface area contributed by atoms with Crippen LogP contribution < -0.4 is 5.32 Å². The maximum Gasteiger partial charge on any atom is 0.322 e. The summed E-state index contributed by atoms with van der Waals surface area (Å²) in [6, 6.07) is 7.51. The third-order valence-corrected chi connectivity index (χ3v) is 5.13. The molecule has 0 aliphatic carbocycles. The Morgan fingerprint density at radius 3 is 2.65 bits per heavy atom. The van der Waals surface area contributed by atoms with Gasteiger partial charge in [0.25, 0.3) is 0 Å². The van der Waals surface area contributed by atoms with E-state index in [-0.39, 0.29) is 12.1 Å². The minimum atomic E-state index is -0.486. The van der Waals surface area contributed by atoms with E-state index in [1.807, 2.05) is 40.9 Å². The minimum Gasteiger partial charge on any atom is -0.389 e. The van der Waals surface area contributed by atoms with Gasteiger partial charge in [-0.3, -0.25) is 0 Å². The molecular weight excluding hydrogens is 272 g/mol. The van der Waals surface area contributed by atoms with E-state index in [0.717, 1.165) is 23.5 Å². The lowest BCUT2D eigenvalue weighted by Gasteiger charge is -2.37. The van der Waals surface area contributed by atoms with Crippen molar-refractivity contribution in [2.75, 3.05) is 17.6 Å². The highest BCUT2D eigenvalue weighted by Crippen LogP contribution is 2.25. The topological polar surface area (TPSA) is 52.6 Å². The van der Waals surface area contributed by atoms with Crippen molar-refractivity contribution in [3.63, 3.8) is 0 Å². The highest BCUT2D eigenvalue weighted by Gasteiger charge is 2.28. The zero-order chi connectivity index (χ0) is 14.7. The van der Waals surface area contributed by atoms with Crippen molar-refractivity contribution >= 4 is 23.5 Å². The van der Waals surface area contributed by atoms with Crippen LogP contribution in [0.5, 0.6) is 0 Å². The maximum absolute atomic E-state index is 12.3. The molecule has 2 N–H and O–H groups in total.